The SMILES string of the molecule is COc1ccccc1-c1cnc(Nc2ccccc2)c2c1C=CNC2C=O. The molecule has 0 saturated heterocycles. The first kappa shape index (κ1) is 16.8. The number of aromatic nitrogens is 1. The van der Waals surface area contributed by atoms with Gasteiger partial charge in [-0.1, -0.05) is 36.4 Å². The second-order valence-corrected chi connectivity index (χ2v) is 6.15. The smallest absolute Gasteiger partial charge is 0.146 e. The zero-order valence-electron chi connectivity index (χ0n) is 14.8. The molecule has 5 nitrogen and oxygen atoms in total. The topological polar surface area (TPSA) is 63.2 Å². The molecule has 0 radical (unpaired) electrons. The predicted molar refractivity (Wildman–Crippen MR) is 107 cm³/mol. The summed E-state index contributed by atoms with van der Waals surface area (Å²) in [5.74, 6) is 1.42. The van der Waals surface area contributed by atoms with Crippen LogP contribution < -0.4 is 15.4 Å². The van der Waals surface area contributed by atoms with E-state index in [1.807, 2.05) is 66.9 Å². The Morgan fingerprint density at radius 3 is 2.63 bits per heavy atom. The summed E-state index contributed by atoms with van der Waals surface area (Å²) in [7, 11) is 1.65. The van der Waals surface area contributed by atoms with Crippen molar-refractivity contribution in [3.63, 3.8) is 0 Å². The van der Waals surface area contributed by atoms with E-state index in [4.69, 9.17) is 4.74 Å². The summed E-state index contributed by atoms with van der Waals surface area (Å²) in [4.78, 5) is 16.4. The molecule has 0 aliphatic carbocycles. The van der Waals surface area contributed by atoms with Crippen molar-refractivity contribution in [2.45, 2.75) is 6.04 Å². The minimum Gasteiger partial charge on any atom is -0.496 e. The van der Waals surface area contributed by atoms with Crippen molar-refractivity contribution in [2.75, 3.05) is 12.4 Å². The Kier molecular flexibility index (Phi) is 4.58. The van der Waals surface area contributed by atoms with Crippen molar-refractivity contribution in [3.05, 3.63) is 78.1 Å². The molecular formula is C22H19N3O2. The van der Waals surface area contributed by atoms with E-state index < -0.39 is 6.04 Å². The third-order valence-electron chi connectivity index (χ3n) is 4.56. The first-order valence-corrected chi connectivity index (χ1v) is 8.68. The molecule has 1 aliphatic rings. The van der Waals surface area contributed by atoms with Crippen LogP contribution >= 0.6 is 0 Å². The molecule has 1 aromatic heterocycles. The van der Waals surface area contributed by atoms with E-state index in [2.05, 4.69) is 15.6 Å². The van der Waals surface area contributed by atoms with E-state index in [9.17, 15) is 4.79 Å². The van der Waals surface area contributed by atoms with E-state index in [1.165, 1.54) is 0 Å². The van der Waals surface area contributed by atoms with Crippen molar-refractivity contribution in [1.29, 1.82) is 0 Å². The van der Waals surface area contributed by atoms with Crippen molar-refractivity contribution >= 4 is 23.9 Å². The van der Waals surface area contributed by atoms with Gasteiger partial charge in [0.15, 0.2) is 0 Å². The lowest BCUT2D eigenvalue weighted by Crippen LogP contribution is -2.23. The molecule has 5 heteroatoms. The van der Waals surface area contributed by atoms with E-state index >= 15 is 0 Å². The number of nitrogens with zero attached hydrogens (tertiary/aromatic N) is 1. The number of nitrogens with one attached hydrogen (secondary N) is 2. The standard InChI is InChI=1S/C22H19N3O2/c1-27-20-10-6-5-9-16(20)18-13-24-22(25-15-7-3-2-4-8-15)21-17(18)11-12-23-19(21)14-26/h2-14,19,23H,1H3,(H,24,25). The molecule has 1 unspecified atom stereocenters. The van der Waals surface area contributed by atoms with Crippen LogP contribution in [0.15, 0.2) is 67.0 Å². The fourth-order valence-electron chi connectivity index (χ4n) is 3.30. The Balaban J connectivity index is 1.89. The summed E-state index contributed by atoms with van der Waals surface area (Å²) in [5.41, 5.74) is 4.54. The van der Waals surface area contributed by atoms with Crippen LogP contribution in [0.1, 0.15) is 17.2 Å². The first-order chi connectivity index (χ1) is 13.3. The minimum absolute atomic E-state index is 0.474. The number of hydrogen-bond acceptors (Lipinski definition) is 5. The Labute approximate surface area is 157 Å². The maximum absolute atomic E-state index is 11.7. The number of anilines is 2. The molecule has 0 fully saturated rings. The van der Waals surface area contributed by atoms with Crippen LogP contribution in [0.5, 0.6) is 5.75 Å². The molecule has 0 saturated carbocycles. The third-order valence-corrected chi connectivity index (χ3v) is 4.56. The van der Waals surface area contributed by atoms with Gasteiger partial charge in [0.25, 0.3) is 0 Å². The number of carbonyl (C=O) groups excluding carboxylic acids is 1. The average molecular weight is 357 g/mol. The van der Waals surface area contributed by atoms with E-state index in [0.29, 0.717) is 5.82 Å². The van der Waals surface area contributed by atoms with Crippen LogP contribution in [0.4, 0.5) is 11.5 Å². The summed E-state index contributed by atoms with van der Waals surface area (Å²) in [6.45, 7) is 0. The number of hydrogen-bond donors (Lipinski definition) is 2. The van der Waals surface area contributed by atoms with Gasteiger partial charge in [-0.3, -0.25) is 0 Å². The molecule has 0 spiro atoms. The average Bonchev–Trinajstić information content (AvgIpc) is 2.74. The van der Waals surface area contributed by atoms with Crippen LogP contribution in [0, 0.1) is 0 Å². The van der Waals surface area contributed by atoms with Crippen LogP contribution in [0.2, 0.25) is 0 Å². The molecule has 134 valence electrons. The number of benzene rings is 2. The summed E-state index contributed by atoms with van der Waals surface area (Å²) < 4.78 is 5.52. The molecule has 1 aliphatic heterocycles. The summed E-state index contributed by atoms with van der Waals surface area (Å²) in [6.07, 6.45) is 6.48. The maximum atomic E-state index is 11.7. The van der Waals surface area contributed by atoms with Crippen LogP contribution in [-0.4, -0.2) is 18.4 Å². The zero-order valence-corrected chi connectivity index (χ0v) is 14.8. The van der Waals surface area contributed by atoms with Crippen molar-refractivity contribution in [1.82, 2.24) is 10.3 Å². The monoisotopic (exact) mass is 357 g/mol. The van der Waals surface area contributed by atoms with Crippen molar-refractivity contribution in [3.8, 4) is 16.9 Å². The third kappa shape index (κ3) is 3.15. The number of ether oxygens (including phenoxy) is 1. The van der Waals surface area contributed by atoms with Gasteiger partial charge in [-0.25, -0.2) is 4.98 Å². The highest BCUT2D eigenvalue weighted by Crippen LogP contribution is 2.39. The van der Waals surface area contributed by atoms with Crippen molar-refractivity contribution < 1.29 is 9.53 Å². The first-order valence-electron chi connectivity index (χ1n) is 8.68. The van der Waals surface area contributed by atoms with Gasteiger partial charge in [0.1, 0.15) is 23.9 Å². The Morgan fingerprint density at radius 1 is 1.07 bits per heavy atom. The molecule has 27 heavy (non-hydrogen) atoms. The normalized spacial score (nSPS) is 14.8. The number of aldehydes is 1. The van der Waals surface area contributed by atoms with E-state index in [0.717, 1.165) is 40.0 Å². The molecule has 2 aromatic carbocycles. The van der Waals surface area contributed by atoms with E-state index in [1.54, 1.807) is 13.3 Å². The summed E-state index contributed by atoms with van der Waals surface area (Å²) >= 11 is 0. The fraction of sp³-hybridized carbons (Fsp3) is 0.0909. The molecule has 0 amide bonds. The van der Waals surface area contributed by atoms with Gasteiger partial charge >= 0.3 is 0 Å². The van der Waals surface area contributed by atoms with Gasteiger partial charge in [0.2, 0.25) is 0 Å². The Bertz CT molecular complexity index is 1000. The van der Waals surface area contributed by atoms with Gasteiger partial charge in [-0.05, 0) is 36.0 Å². The highest BCUT2D eigenvalue weighted by Gasteiger charge is 2.25. The Morgan fingerprint density at radius 2 is 1.85 bits per heavy atom. The molecule has 4 rings (SSSR count). The van der Waals surface area contributed by atoms with Crippen LogP contribution in [0.25, 0.3) is 17.2 Å². The molecular weight excluding hydrogens is 338 g/mol. The fourth-order valence-corrected chi connectivity index (χ4v) is 3.30. The number of fused-ring (bicyclic) bond motifs is 1. The van der Waals surface area contributed by atoms with Crippen LogP contribution in [0.3, 0.4) is 0 Å². The lowest BCUT2D eigenvalue weighted by molar-refractivity contribution is -0.109. The predicted octanol–water partition coefficient (Wildman–Crippen LogP) is 4.31. The second-order valence-electron chi connectivity index (χ2n) is 6.15. The minimum atomic E-state index is -0.474. The lowest BCUT2D eigenvalue weighted by atomic mass is 9.91. The number of carbonyl (C=O) groups is 1. The highest BCUT2D eigenvalue weighted by molar-refractivity contribution is 5.86. The van der Waals surface area contributed by atoms with E-state index in [-0.39, 0.29) is 0 Å². The highest BCUT2D eigenvalue weighted by atomic mass is 16.5. The van der Waals surface area contributed by atoms with Gasteiger partial charge < -0.3 is 20.2 Å². The quantitative estimate of drug-likeness (QED) is 0.666. The van der Waals surface area contributed by atoms with Gasteiger partial charge in [0, 0.05) is 28.6 Å². The maximum Gasteiger partial charge on any atom is 0.146 e. The number of pyridine rings is 1. The molecule has 2 N–H and O–H groups in total. The van der Waals surface area contributed by atoms with Gasteiger partial charge in [0.05, 0.1) is 7.11 Å². The second kappa shape index (κ2) is 7.33. The molecule has 2 heterocycles. The van der Waals surface area contributed by atoms with Gasteiger partial charge in [-0.2, -0.15) is 0 Å². The summed E-state index contributed by atoms with van der Waals surface area (Å²) in [6, 6.07) is 17.1. The zero-order chi connectivity index (χ0) is 18.6. The van der Waals surface area contributed by atoms with Gasteiger partial charge in [-0.15, -0.1) is 0 Å². The molecule has 1 atom stereocenters. The number of rotatable bonds is 5. The number of para-hydroxylation sites is 2. The lowest BCUT2D eigenvalue weighted by Gasteiger charge is -2.24. The van der Waals surface area contributed by atoms with Crippen molar-refractivity contribution in [2.24, 2.45) is 0 Å². The number of methoxy groups -OCH3 is 1. The van der Waals surface area contributed by atoms with Crippen LogP contribution in [-0.2, 0) is 4.79 Å². The largest absolute Gasteiger partial charge is 0.496 e. The molecule has 3 aromatic rings. The Hall–Kier alpha value is -3.60. The molecule has 0 bridgehead atoms. The summed E-state index contributed by atoms with van der Waals surface area (Å²) in [5, 5.41) is 6.43.